The number of carbonyl (C=O) groups excluding carboxylic acids is 2. The summed E-state index contributed by atoms with van der Waals surface area (Å²) in [6.07, 6.45) is 1.98. The van der Waals surface area contributed by atoms with Crippen molar-refractivity contribution in [2.45, 2.75) is 26.3 Å². The standard InChI is InChI=1S/C14H16N2O3/c1-2-19-14(18)8-7-11(17)9-16-10-15-12-5-3-4-6-13(12)16/h3-6,10H,2,7-9H2,1H3. The summed E-state index contributed by atoms with van der Waals surface area (Å²) in [6, 6.07) is 7.63. The number of rotatable bonds is 6. The lowest BCUT2D eigenvalue weighted by Crippen LogP contribution is -2.12. The van der Waals surface area contributed by atoms with Crippen molar-refractivity contribution in [3.05, 3.63) is 30.6 Å². The zero-order valence-electron chi connectivity index (χ0n) is 10.8. The first kappa shape index (κ1) is 13.3. The van der Waals surface area contributed by atoms with Crippen LogP contribution in [0.25, 0.3) is 11.0 Å². The second kappa shape index (κ2) is 6.13. The van der Waals surface area contributed by atoms with E-state index in [1.54, 1.807) is 17.8 Å². The molecule has 0 aliphatic heterocycles. The molecule has 1 aromatic carbocycles. The topological polar surface area (TPSA) is 61.2 Å². The largest absolute Gasteiger partial charge is 0.466 e. The molecule has 1 aromatic heterocycles. The lowest BCUT2D eigenvalue weighted by molar-refractivity contribution is -0.144. The van der Waals surface area contributed by atoms with E-state index in [-0.39, 0.29) is 31.1 Å². The highest BCUT2D eigenvalue weighted by Gasteiger charge is 2.10. The second-order valence-electron chi connectivity index (χ2n) is 4.20. The minimum Gasteiger partial charge on any atom is -0.466 e. The number of Topliss-reactive ketones (excluding diaryl/α,β-unsaturated/α-hetero) is 1. The number of imidazole rings is 1. The Morgan fingerprint density at radius 3 is 2.84 bits per heavy atom. The minimum absolute atomic E-state index is 0.00351. The van der Waals surface area contributed by atoms with Crippen molar-refractivity contribution in [3.8, 4) is 0 Å². The first-order valence-corrected chi connectivity index (χ1v) is 6.28. The number of ether oxygens (including phenoxy) is 1. The van der Waals surface area contributed by atoms with E-state index in [9.17, 15) is 9.59 Å². The highest BCUT2D eigenvalue weighted by molar-refractivity contribution is 5.84. The number of esters is 1. The Morgan fingerprint density at radius 2 is 2.05 bits per heavy atom. The second-order valence-corrected chi connectivity index (χ2v) is 4.20. The molecule has 1 heterocycles. The van der Waals surface area contributed by atoms with Crippen molar-refractivity contribution in [1.29, 1.82) is 0 Å². The molecule has 0 radical (unpaired) electrons. The third-order valence-corrected chi connectivity index (χ3v) is 2.79. The predicted octanol–water partition coefficient (Wildman–Crippen LogP) is 1.95. The van der Waals surface area contributed by atoms with E-state index in [1.807, 2.05) is 24.3 Å². The number of fused-ring (bicyclic) bond motifs is 1. The maximum Gasteiger partial charge on any atom is 0.306 e. The molecule has 5 heteroatoms. The van der Waals surface area contributed by atoms with E-state index in [4.69, 9.17) is 4.74 Å². The van der Waals surface area contributed by atoms with Crippen molar-refractivity contribution >= 4 is 22.8 Å². The summed E-state index contributed by atoms with van der Waals surface area (Å²) in [4.78, 5) is 27.2. The van der Waals surface area contributed by atoms with Gasteiger partial charge in [0.1, 0.15) is 0 Å². The van der Waals surface area contributed by atoms with Gasteiger partial charge in [0.2, 0.25) is 0 Å². The van der Waals surface area contributed by atoms with Crippen molar-refractivity contribution in [2.75, 3.05) is 6.61 Å². The van der Waals surface area contributed by atoms with E-state index in [2.05, 4.69) is 4.98 Å². The normalized spacial score (nSPS) is 10.6. The van der Waals surface area contributed by atoms with Gasteiger partial charge in [-0.1, -0.05) is 12.1 Å². The van der Waals surface area contributed by atoms with Crippen LogP contribution in [0.5, 0.6) is 0 Å². The van der Waals surface area contributed by atoms with Crippen LogP contribution in [0.4, 0.5) is 0 Å². The fraction of sp³-hybridized carbons (Fsp3) is 0.357. The first-order valence-electron chi connectivity index (χ1n) is 6.28. The van der Waals surface area contributed by atoms with Crippen molar-refractivity contribution in [2.24, 2.45) is 0 Å². The van der Waals surface area contributed by atoms with E-state index < -0.39 is 0 Å². The van der Waals surface area contributed by atoms with Crippen LogP contribution in [0, 0.1) is 0 Å². The zero-order chi connectivity index (χ0) is 13.7. The summed E-state index contributed by atoms with van der Waals surface area (Å²) in [7, 11) is 0. The van der Waals surface area contributed by atoms with E-state index in [0.29, 0.717) is 6.61 Å². The fourth-order valence-electron chi connectivity index (χ4n) is 1.88. The van der Waals surface area contributed by atoms with Crippen molar-refractivity contribution in [1.82, 2.24) is 9.55 Å². The monoisotopic (exact) mass is 260 g/mol. The molecule has 0 atom stereocenters. The summed E-state index contributed by atoms with van der Waals surface area (Å²) >= 11 is 0. The van der Waals surface area contributed by atoms with Gasteiger partial charge < -0.3 is 9.30 Å². The molecule has 5 nitrogen and oxygen atoms in total. The van der Waals surface area contributed by atoms with E-state index >= 15 is 0 Å². The third kappa shape index (κ3) is 3.40. The lowest BCUT2D eigenvalue weighted by atomic mass is 10.2. The van der Waals surface area contributed by atoms with Crippen LogP contribution in [0.1, 0.15) is 19.8 Å². The number of nitrogens with zero attached hydrogens (tertiary/aromatic N) is 2. The van der Waals surface area contributed by atoms with Crippen LogP contribution >= 0.6 is 0 Å². The maximum atomic E-state index is 11.8. The summed E-state index contributed by atoms with van der Waals surface area (Å²) in [5, 5.41) is 0. The predicted molar refractivity (Wildman–Crippen MR) is 70.6 cm³/mol. The Balaban J connectivity index is 1.94. The number of hydrogen-bond donors (Lipinski definition) is 0. The maximum absolute atomic E-state index is 11.8. The van der Waals surface area contributed by atoms with Gasteiger partial charge in [0.25, 0.3) is 0 Å². The Kier molecular flexibility index (Phi) is 4.28. The quantitative estimate of drug-likeness (QED) is 0.745. The first-order chi connectivity index (χ1) is 9.20. The lowest BCUT2D eigenvalue weighted by Gasteiger charge is -2.04. The number of aromatic nitrogens is 2. The molecule has 0 saturated heterocycles. The van der Waals surface area contributed by atoms with Gasteiger partial charge in [-0.2, -0.15) is 0 Å². The van der Waals surface area contributed by atoms with Gasteiger partial charge in [0, 0.05) is 6.42 Å². The van der Waals surface area contributed by atoms with Crippen LogP contribution in [0.15, 0.2) is 30.6 Å². The molecule has 2 aromatic rings. The molecule has 0 saturated carbocycles. The molecule has 0 aliphatic carbocycles. The van der Waals surface area contributed by atoms with Gasteiger partial charge in [0.15, 0.2) is 5.78 Å². The molecule has 19 heavy (non-hydrogen) atoms. The van der Waals surface area contributed by atoms with Crippen LogP contribution in [-0.4, -0.2) is 27.9 Å². The Morgan fingerprint density at radius 1 is 1.26 bits per heavy atom. The molecule has 0 bridgehead atoms. The minimum atomic E-state index is -0.327. The van der Waals surface area contributed by atoms with E-state index in [1.165, 1.54) is 0 Å². The Hall–Kier alpha value is -2.17. The highest BCUT2D eigenvalue weighted by atomic mass is 16.5. The van der Waals surface area contributed by atoms with Crippen molar-refractivity contribution < 1.29 is 14.3 Å². The van der Waals surface area contributed by atoms with Gasteiger partial charge in [-0.05, 0) is 19.1 Å². The van der Waals surface area contributed by atoms with Crippen LogP contribution in [0.3, 0.4) is 0 Å². The van der Waals surface area contributed by atoms with Crippen molar-refractivity contribution in [3.63, 3.8) is 0 Å². The molecule has 0 spiro atoms. The average Bonchev–Trinajstić information content (AvgIpc) is 2.80. The molecule has 100 valence electrons. The smallest absolute Gasteiger partial charge is 0.306 e. The molecular weight excluding hydrogens is 244 g/mol. The van der Waals surface area contributed by atoms with Gasteiger partial charge in [-0.25, -0.2) is 4.98 Å². The van der Waals surface area contributed by atoms with Gasteiger partial charge >= 0.3 is 5.97 Å². The summed E-state index contributed by atoms with van der Waals surface area (Å²) in [6.45, 7) is 2.33. The molecular formula is C14H16N2O3. The van der Waals surface area contributed by atoms with Crippen LogP contribution < -0.4 is 0 Å². The number of carbonyl (C=O) groups is 2. The summed E-state index contributed by atoms with van der Waals surface area (Å²) in [5.41, 5.74) is 1.78. The number of ketones is 1. The zero-order valence-corrected chi connectivity index (χ0v) is 10.8. The molecule has 0 amide bonds. The molecule has 0 fully saturated rings. The summed E-state index contributed by atoms with van der Waals surface area (Å²) in [5.74, 6) is -0.331. The van der Waals surface area contributed by atoms with Gasteiger partial charge in [-0.15, -0.1) is 0 Å². The molecule has 0 unspecified atom stereocenters. The third-order valence-electron chi connectivity index (χ3n) is 2.79. The fourth-order valence-corrected chi connectivity index (χ4v) is 1.88. The van der Waals surface area contributed by atoms with E-state index in [0.717, 1.165) is 11.0 Å². The Labute approximate surface area is 111 Å². The molecule has 0 aliphatic rings. The number of hydrogen-bond acceptors (Lipinski definition) is 4. The number of para-hydroxylation sites is 2. The van der Waals surface area contributed by atoms with Crippen LogP contribution in [-0.2, 0) is 20.9 Å². The SMILES string of the molecule is CCOC(=O)CCC(=O)Cn1cnc2ccccc21. The highest BCUT2D eigenvalue weighted by Crippen LogP contribution is 2.12. The summed E-state index contributed by atoms with van der Waals surface area (Å²) < 4.78 is 6.58. The van der Waals surface area contributed by atoms with Gasteiger partial charge in [0.05, 0.1) is 36.9 Å². The van der Waals surface area contributed by atoms with Gasteiger partial charge in [-0.3, -0.25) is 9.59 Å². The Bertz CT molecular complexity index is 589. The number of benzene rings is 1. The average molecular weight is 260 g/mol. The molecule has 2 rings (SSSR count). The molecule has 0 N–H and O–H groups in total. The van der Waals surface area contributed by atoms with Crippen LogP contribution in [0.2, 0.25) is 0 Å².